The van der Waals surface area contributed by atoms with Crippen molar-refractivity contribution < 1.29 is 14.3 Å². The Morgan fingerprint density at radius 3 is 2.39 bits per heavy atom. The zero-order chi connectivity index (χ0) is 13.8. The second kappa shape index (κ2) is 6.21. The van der Waals surface area contributed by atoms with Gasteiger partial charge in [-0.15, -0.1) is 0 Å². The molecule has 1 saturated carbocycles. The van der Waals surface area contributed by atoms with Crippen molar-refractivity contribution in [2.45, 2.75) is 71.4 Å². The first kappa shape index (κ1) is 15.0. The third-order valence-corrected chi connectivity index (χ3v) is 2.98. The molecule has 0 aliphatic heterocycles. The number of carbonyl (C=O) groups is 2. The van der Waals surface area contributed by atoms with Gasteiger partial charge in [0, 0.05) is 6.42 Å². The van der Waals surface area contributed by atoms with E-state index < -0.39 is 17.7 Å². The van der Waals surface area contributed by atoms with Crippen LogP contribution in [0.3, 0.4) is 0 Å². The van der Waals surface area contributed by atoms with Crippen molar-refractivity contribution >= 4 is 11.9 Å². The van der Waals surface area contributed by atoms with Crippen molar-refractivity contribution in [2.75, 3.05) is 0 Å². The highest BCUT2D eigenvalue weighted by atomic mass is 16.6. The van der Waals surface area contributed by atoms with Crippen LogP contribution in [0.2, 0.25) is 0 Å². The summed E-state index contributed by atoms with van der Waals surface area (Å²) >= 11 is 0. The molecule has 0 aromatic heterocycles. The van der Waals surface area contributed by atoms with Gasteiger partial charge in [-0.1, -0.05) is 19.8 Å². The van der Waals surface area contributed by atoms with E-state index in [1.807, 2.05) is 27.7 Å². The smallest absolute Gasteiger partial charge is 0.408 e. The standard InChI is InChI=1S/C14H25NO3/c1-5-11(12(16)9-8-10-6-7-10)15-13(17)18-14(2,3)4/h10-11H,5-9H2,1-4H3,(H,15,17). The fourth-order valence-electron chi connectivity index (χ4n) is 1.79. The van der Waals surface area contributed by atoms with E-state index in [-0.39, 0.29) is 5.78 Å². The van der Waals surface area contributed by atoms with Crippen LogP contribution < -0.4 is 5.32 Å². The van der Waals surface area contributed by atoms with Gasteiger partial charge in [0.2, 0.25) is 0 Å². The molecular formula is C14H25NO3. The molecule has 0 bridgehead atoms. The Labute approximate surface area is 109 Å². The molecule has 1 amide bonds. The summed E-state index contributed by atoms with van der Waals surface area (Å²) in [6.45, 7) is 7.32. The van der Waals surface area contributed by atoms with Crippen molar-refractivity contribution in [2.24, 2.45) is 5.92 Å². The van der Waals surface area contributed by atoms with Gasteiger partial charge >= 0.3 is 6.09 Å². The highest BCUT2D eigenvalue weighted by Gasteiger charge is 2.26. The molecular weight excluding hydrogens is 230 g/mol. The SMILES string of the molecule is CCC(NC(=O)OC(C)(C)C)C(=O)CCC1CC1. The Kier molecular flexibility index (Phi) is 5.17. The van der Waals surface area contributed by atoms with Crippen molar-refractivity contribution in [3.8, 4) is 0 Å². The van der Waals surface area contributed by atoms with E-state index in [1.165, 1.54) is 12.8 Å². The lowest BCUT2D eigenvalue weighted by Crippen LogP contribution is -2.43. The van der Waals surface area contributed by atoms with Gasteiger partial charge in [-0.3, -0.25) is 4.79 Å². The molecule has 18 heavy (non-hydrogen) atoms. The van der Waals surface area contributed by atoms with E-state index in [2.05, 4.69) is 5.32 Å². The van der Waals surface area contributed by atoms with E-state index in [0.717, 1.165) is 12.3 Å². The minimum atomic E-state index is -0.528. The summed E-state index contributed by atoms with van der Waals surface area (Å²) < 4.78 is 5.16. The Hall–Kier alpha value is -1.06. The first-order valence-electron chi connectivity index (χ1n) is 6.84. The number of amides is 1. The van der Waals surface area contributed by atoms with Gasteiger partial charge in [-0.25, -0.2) is 4.79 Å². The van der Waals surface area contributed by atoms with Crippen LogP contribution in [0.25, 0.3) is 0 Å². The molecule has 4 heteroatoms. The van der Waals surface area contributed by atoms with E-state index in [0.29, 0.717) is 12.8 Å². The summed E-state index contributed by atoms with van der Waals surface area (Å²) in [7, 11) is 0. The van der Waals surface area contributed by atoms with E-state index in [9.17, 15) is 9.59 Å². The molecule has 0 aromatic carbocycles. The number of nitrogens with one attached hydrogen (secondary N) is 1. The summed E-state index contributed by atoms with van der Waals surface area (Å²) in [4.78, 5) is 23.5. The number of carbonyl (C=O) groups excluding carboxylic acids is 2. The lowest BCUT2D eigenvalue weighted by molar-refractivity contribution is -0.121. The fraction of sp³-hybridized carbons (Fsp3) is 0.857. The predicted octanol–water partition coefficient (Wildman–Crippen LogP) is 3.05. The zero-order valence-electron chi connectivity index (χ0n) is 11.9. The van der Waals surface area contributed by atoms with Crippen molar-refractivity contribution in [1.29, 1.82) is 0 Å². The summed E-state index contributed by atoms with van der Waals surface area (Å²) in [5, 5.41) is 2.66. The Balaban J connectivity index is 2.34. The van der Waals surface area contributed by atoms with Crippen LogP contribution >= 0.6 is 0 Å². The topological polar surface area (TPSA) is 55.4 Å². The highest BCUT2D eigenvalue weighted by molar-refractivity contribution is 5.87. The molecule has 0 heterocycles. The summed E-state index contributed by atoms with van der Waals surface area (Å²) in [6, 6.07) is -0.404. The number of ketones is 1. The molecule has 0 spiro atoms. The zero-order valence-corrected chi connectivity index (χ0v) is 11.9. The molecule has 0 radical (unpaired) electrons. The molecule has 104 valence electrons. The Bertz CT molecular complexity index is 303. The van der Waals surface area contributed by atoms with Gasteiger partial charge in [0.15, 0.2) is 5.78 Å². The lowest BCUT2D eigenvalue weighted by atomic mass is 10.0. The van der Waals surface area contributed by atoms with Crippen LogP contribution in [0.15, 0.2) is 0 Å². The van der Waals surface area contributed by atoms with E-state index in [1.54, 1.807) is 0 Å². The van der Waals surface area contributed by atoms with Crippen LogP contribution in [-0.4, -0.2) is 23.5 Å². The van der Waals surface area contributed by atoms with Gasteiger partial charge in [-0.2, -0.15) is 0 Å². The second-order valence-corrected chi connectivity index (χ2v) is 6.06. The third-order valence-electron chi connectivity index (χ3n) is 2.98. The number of Topliss-reactive ketones (excluding diaryl/α,β-unsaturated/α-hetero) is 1. The maximum absolute atomic E-state index is 11.9. The molecule has 1 unspecified atom stereocenters. The second-order valence-electron chi connectivity index (χ2n) is 6.06. The van der Waals surface area contributed by atoms with Crippen molar-refractivity contribution in [1.82, 2.24) is 5.32 Å². The molecule has 1 fully saturated rings. The van der Waals surface area contributed by atoms with Crippen molar-refractivity contribution in [3.63, 3.8) is 0 Å². The maximum atomic E-state index is 11.9. The first-order valence-corrected chi connectivity index (χ1v) is 6.84. The quantitative estimate of drug-likeness (QED) is 0.793. The maximum Gasteiger partial charge on any atom is 0.408 e. The monoisotopic (exact) mass is 255 g/mol. The first-order chi connectivity index (χ1) is 8.31. The van der Waals surface area contributed by atoms with Crippen LogP contribution in [0.4, 0.5) is 4.79 Å². The lowest BCUT2D eigenvalue weighted by Gasteiger charge is -2.22. The van der Waals surface area contributed by atoms with E-state index >= 15 is 0 Å². The van der Waals surface area contributed by atoms with Gasteiger partial charge in [0.25, 0.3) is 0 Å². The third kappa shape index (κ3) is 6.03. The number of ether oxygens (including phenoxy) is 1. The highest BCUT2D eigenvalue weighted by Crippen LogP contribution is 2.33. The summed E-state index contributed by atoms with van der Waals surface area (Å²) in [5.74, 6) is 0.864. The number of rotatable bonds is 6. The number of alkyl carbamates (subject to hydrolysis) is 1. The minimum absolute atomic E-state index is 0.121. The van der Waals surface area contributed by atoms with Crippen LogP contribution in [0.5, 0.6) is 0 Å². The van der Waals surface area contributed by atoms with Gasteiger partial charge in [0.05, 0.1) is 6.04 Å². The van der Waals surface area contributed by atoms with E-state index in [4.69, 9.17) is 4.74 Å². The van der Waals surface area contributed by atoms with Gasteiger partial charge < -0.3 is 10.1 Å². The molecule has 1 aliphatic carbocycles. The normalized spacial score (nSPS) is 17.1. The Morgan fingerprint density at radius 2 is 1.94 bits per heavy atom. The van der Waals surface area contributed by atoms with Gasteiger partial charge in [0.1, 0.15) is 5.60 Å². The van der Waals surface area contributed by atoms with Crippen LogP contribution in [-0.2, 0) is 9.53 Å². The minimum Gasteiger partial charge on any atom is -0.444 e. The molecule has 1 atom stereocenters. The number of hydrogen-bond donors (Lipinski definition) is 1. The fourth-order valence-corrected chi connectivity index (χ4v) is 1.79. The molecule has 0 saturated heterocycles. The summed E-state index contributed by atoms with van der Waals surface area (Å²) in [6.07, 6.45) is 4.15. The molecule has 1 N–H and O–H groups in total. The average Bonchev–Trinajstić information content (AvgIpc) is 3.03. The summed E-state index contributed by atoms with van der Waals surface area (Å²) in [5.41, 5.74) is -0.528. The average molecular weight is 255 g/mol. The molecule has 1 aliphatic rings. The molecule has 4 nitrogen and oxygen atoms in total. The molecule has 1 rings (SSSR count). The van der Waals surface area contributed by atoms with Crippen molar-refractivity contribution in [3.05, 3.63) is 0 Å². The Morgan fingerprint density at radius 1 is 1.33 bits per heavy atom. The van der Waals surface area contributed by atoms with Crippen LogP contribution in [0, 0.1) is 5.92 Å². The van der Waals surface area contributed by atoms with Gasteiger partial charge in [-0.05, 0) is 39.5 Å². The predicted molar refractivity (Wildman–Crippen MR) is 70.4 cm³/mol. The molecule has 0 aromatic rings. The largest absolute Gasteiger partial charge is 0.444 e. The van der Waals surface area contributed by atoms with Crippen LogP contribution in [0.1, 0.15) is 59.8 Å². The number of hydrogen-bond acceptors (Lipinski definition) is 3.